The molecule has 42 heavy (non-hydrogen) atoms. The van der Waals surface area contributed by atoms with Gasteiger partial charge in [-0.2, -0.15) is 0 Å². The number of benzene rings is 7. The summed E-state index contributed by atoms with van der Waals surface area (Å²) in [5.74, 6) is 0. The minimum atomic E-state index is 0.873. The standard InChI is InChI=1S/C40H24O2/c1-2-10-25(11-3-1)36-29-12-4-6-14-31(29)37(32-15-7-5-13-30(32)36)26-18-20-27(21-19-26)38-39-33-16-8-9-17-34(33)42-35(39)24-28-22-23-41-40(28)38/h1-24H. The third-order valence-corrected chi connectivity index (χ3v) is 8.54. The highest BCUT2D eigenvalue weighted by Crippen LogP contribution is 2.45. The Morgan fingerprint density at radius 1 is 0.381 bits per heavy atom. The van der Waals surface area contributed by atoms with Crippen LogP contribution in [0.3, 0.4) is 0 Å². The molecule has 0 amide bonds. The topological polar surface area (TPSA) is 26.3 Å². The minimum Gasteiger partial charge on any atom is -0.464 e. The summed E-state index contributed by atoms with van der Waals surface area (Å²) in [4.78, 5) is 0. The average molecular weight is 537 g/mol. The summed E-state index contributed by atoms with van der Waals surface area (Å²) in [6, 6.07) is 49.6. The first-order chi connectivity index (χ1) is 20.8. The lowest BCUT2D eigenvalue weighted by Crippen LogP contribution is -1.91. The van der Waals surface area contributed by atoms with E-state index in [0.29, 0.717) is 0 Å². The zero-order chi connectivity index (χ0) is 27.6. The van der Waals surface area contributed by atoms with Crippen molar-refractivity contribution in [3.63, 3.8) is 0 Å². The van der Waals surface area contributed by atoms with Crippen LogP contribution in [-0.4, -0.2) is 0 Å². The van der Waals surface area contributed by atoms with E-state index in [2.05, 4.69) is 121 Å². The van der Waals surface area contributed by atoms with Crippen molar-refractivity contribution in [3.05, 3.63) is 146 Å². The predicted octanol–water partition coefficient (Wildman–Crippen LogP) is 11.6. The first kappa shape index (κ1) is 23.1. The molecule has 0 saturated heterocycles. The smallest absolute Gasteiger partial charge is 0.142 e. The first-order valence-electron chi connectivity index (χ1n) is 14.3. The van der Waals surface area contributed by atoms with Gasteiger partial charge in [0.25, 0.3) is 0 Å². The monoisotopic (exact) mass is 536 g/mol. The Labute approximate surface area is 242 Å². The molecule has 9 rings (SSSR count). The van der Waals surface area contributed by atoms with Crippen LogP contribution < -0.4 is 0 Å². The third-order valence-electron chi connectivity index (χ3n) is 8.54. The van der Waals surface area contributed by atoms with Crippen LogP contribution >= 0.6 is 0 Å². The van der Waals surface area contributed by atoms with Crippen LogP contribution in [0.1, 0.15) is 0 Å². The Balaban J connectivity index is 1.31. The molecule has 2 aromatic heterocycles. The van der Waals surface area contributed by atoms with Crippen LogP contribution in [0, 0.1) is 0 Å². The molecule has 0 spiro atoms. The summed E-state index contributed by atoms with van der Waals surface area (Å²) < 4.78 is 12.4. The number of hydrogen-bond acceptors (Lipinski definition) is 2. The van der Waals surface area contributed by atoms with Gasteiger partial charge in [-0.15, -0.1) is 0 Å². The molecule has 196 valence electrons. The van der Waals surface area contributed by atoms with E-state index in [0.717, 1.165) is 44.0 Å². The molecule has 0 atom stereocenters. The van der Waals surface area contributed by atoms with E-state index >= 15 is 0 Å². The second-order valence-corrected chi connectivity index (χ2v) is 10.8. The van der Waals surface area contributed by atoms with Crippen LogP contribution in [0.25, 0.3) is 87.8 Å². The quantitative estimate of drug-likeness (QED) is 0.210. The van der Waals surface area contributed by atoms with E-state index in [1.807, 2.05) is 18.2 Å². The second-order valence-electron chi connectivity index (χ2n) is 10.8. The van der Waals surface area contributed by atoms with Crippen molar-refractivity contribution in [2.75, 3.05) is 0 Å². The molecule has 9 aromatic rings. The molecule has 0 saturated carbocycles. The van der Waals surface area contributed by atoms with Gasteiger partial charge in [0.2, 0.25) is 0 Å². The summed E-state index contributed by atoms with van der Waals surface area (Å²) in [6.45, 7) is 0. The van der Waals surface area contributed by atoms with Crippen molar-refractivity contribution in [3.8, 4) is 33.4 Å². The zero-order valence-electron chi connectivity index (χ0n) is 22.7. The van der Waals surface area contributed by atoms with Crippen molar-refractivity contribution in [2.24, 2.45) is 0 Å². The number of para-hydroxylation sites is 1. The third kappa shape index (κ3) is 3.33. The van der Waals surface area contributed by atoms with Gasteiger partial charge in [0.15, 0.2) is 0 Å². The van der Waals surface area contributed by atoms with Crippen molar-refractivity contribution < 1.29 is 8.83 Å². The Bertz CT molecular complexity index is 2380. The van der Waals surface area contributed by atoms with Gasteiger partial charge in [0, 0.05) is 21.7 Å². The predicted molar refractivity (Wildman–Crippen MR) is 175 cm³/mol. The summed E-state index contributed by atoms with van der Waals surface area (Å²) in [5, 5.41) is 8.23. The lowest BCUT2D eigenvalue weighted by molar-refractivity contribution is 0.617. The summed E-state index contributed by atoms with van der Waals surface area (Å²) in [7, 11) is 0. The highest BCUT2D eigenvalue weighted by atomic mass is 16.3. The molecular weight excluding hydrogens is 512 g/mol. The SMILES string of the molecule is c1ccc(-c2c3ccccc3c(-c3ccc(-c4c5occc5cc5oc6ccccc6c45)cc3)c3ccccc23)cc1. The molecule has 0 unspecified atom stereocenters. The van der Waals surface area contributed by atoms with Crippen molar-refractivity contribution >= 4 is 54.5 Å². The fraction of sp³-hybridized carbons (Fsp3) is 0. The Kier molecular flexibility index (Phi) is 4.93. The van der Waals surface area contributed by atoms with Crippen molar-refractivity contribution in [2.45, 2.75) is 0 Å². The molecule has 7 aromatic carbocycles. The van der Waals surface area contributed by atoms with E-state index in [1.165, 1.54) is 43.8 Å². The summed E-state index contributed by atoms with van der Waals surface area (Å²) in [5.41, 5.74) is 9.75. The average Bonchev–Trinajstić information content (AvgIpc) is 3.67. The maximum Gasteiger partial charge on any atom is 0.142 e. The fourth-order valence-corrected chi connectivity index (χ4v) is 6.75. The Hall–Kier alpha value is -5.60. The van der Waals surface area contributed by atoms with Gasteiger partial charge in [0.1, 0.15) is 16.7 Å². The summed E-state index contributed by atoms with van der Waals surface area (Å²) in [6.07, 6.45) is 1.76. The maximum absolute atomic E-state index is 6.29. The minimum absolute atomic E-state index is 0.873. The van der Waals surface area contributed by atoms with Gasteiger partial charge in [-0.05, 0) is 67.6 Å². The number of rotatable bonds is 3. The Morgan fingerprint density at radius 2 is 0.881 bits per heavy atom. The van der Waals surface area contributed by atoms with E-state index in [1.54, 1.807) is 6.26 Å². The van der Waals surface area contributed by atoms with E-state index < -0.39 is 0 Å². The van der Waals surface area contributed by atoms with Gasteiger partial charge < -0.3 is 8.83 Å². The van der Waals surface area contributed by atoms with Crippen LogP contribution in [0.5, 0.6) is 0 Å². The van der Waals surface area contributed by atoms with Crippen molar-refractivity contribution in [1.82, 2.24) is 0 Å². The largest absolute Gasteiger partial charge is 0.464 e. The molecule has 0 radical (unpaired) electrons. The summed E-state index contributed by atoms with van der Waals surface area (Å²) >= 11 is 0. The van der Waals surface area contributed by atoms with Crippen LogP contribution in [-0.2, 0) is 0 Å². The molecule has 0 aliphatic rings. The molecular formula is C40H24O2. The molecule has 2 heterocycles. The van der Waals surface area contributed by atoms with Crippen LogP contribution in [0.4, 0.5) is 0 Å². The lowest BCUT2D eigenvalue weighted by atomic mass is 9.85. The molecule has 0 aliphatic heterocycles. The van der Waals surface area contributed by atoms with Crippen LogP contribution in [0.15, 0.2) is 155 Å². The Morgan fingerprint density at radius 3 is 1.50 bits per heavy atom. The molecule has 0 aliphatic carbocycles. The second kappa shape index (κ2) is 8.95. The number of fused-ring (bicyclic) bond motifs is 6. The van der Waals surface area contributed by atoms with Gasteiger partial charge in [-0.1, -0.05) is 121 Å². The van der Waals surface area contributed by atoms with Gasteiger partial charge in [-0.3, -0.25) is 0 Å². The zero-order valence-corrected chi connectivity index (χ0v) is 22.7. The van der Waals surface area contributed by atoms with Gasteiger partial charge in [-0.25, -0.2) is 0 Å². The van der Waals surface area contributed by atoms with Gasteiger partial charge >= 0.3 is 0 Å². The number of furan rings is 2. The molecule has 0 N–H and O–H groups in total. The van der Waals surface area contributed by atoms with E-state index in [-0.39, 0.29) is 0 Å². The normalized spacial score (nSPS) is 11.8. The van der Waals surface area contributed by atoms with Crippen LogP contribution in [0.2, 0.25) is 0 Å². The number of hydrogen-bond donors (Lipinski definition) is 0. The fourth-order valence-electron chi connectivity index (χ4n) is 6.75. The van der Waals surface area contributed by atoms with Gasteiger partial charge in [0.05, 0.1) is 6.26 Å². The first-order valence-corrected chi connectivity index (χ1v) is 14.3. The molecule has 0 bridgehead atoms. The molecule has 2 heteroatoms. The molecule has 2 nitrogen and oxygen atoms in total. The lowest BCUT2D eigenvalue weighted by Gasteiger charge is -2.18. The highest BCUT2D eigenvalue weighted by molar-refractivity contribution is 6.22. The van der Waals surface area contributed by atoms with E-state index in [9.17, 15) is 0 Å². The van der Waals surface area contributed by atoms with Crippen molar-refractivity contribution in [1.29, 1.82) is 0 Å². The van der Waals surface area contributed by atoms with E-state index in [4.69, 9.17) is 8.83 Å². The molecule has 0 fully saturated rings. The highest BCUT2D eigenvalue weighted by Gasteiger charge is 2.20. The maximum atomic E-state index is 6.29.